The van der Waals surface area contributed by atoms with E-state index in [9.17, 15) is 0 Å². The van der Waals surface area contributed by atoms with Gasteiger partial charge in [-0.2, -0.15) is 4.98 Å². The SMILES string of the molecule is C1=C(c2nc(-c3ccccc3)no2)CCNC1.Cl. The zero-order chi connectivity index (χ0) is 11.5. The molecular formula is C13H14ClN3O. The van der Waals surface area contributed by atoms with Crippen molar-refractivity contribution < 1.29 is 4.52 Å². The summed E-state index contributed by atoms with van der Waals surface area (Å²) in [7, 11) is 0. The van der Waals surface area contributed by atoms with Gasteiger partial charge in [-0.1, -0.05) is 41.6 Å². The van der Waals surface area contributed by atoms with Crippen molar-refractivity contribution in [3.63, 3.8) is 0 Å². The maximum atomic E-state index is 5.30. The summed E-state index contributed by atoms with van der Waals surface area (Å²) in [5.74, 6) is 1.30. The van der Waals surface area contributed by atoms with Gasteiger partial charge in [-0.05, 0) is 13.0 Å². The van der Waals surface area contributed by atoms with Gasteiger partial charge in [0, 0.05) is 17.7 Å². The number of rotatable bonds is 2. The second-order valence-electron chi connectivity index (χ2n) is 3.97. The average Bonchev–Trinajstić information content (AvgIpc) is 2.90. The Bertz CT molecular complexity index is 536. The van der Waals surface area contributed by atoms with E-state index in [4.69, 9.17) is 4.52 Å². The Hall–Kier alpha value is -1.65. The molecule has 1 aromatic carbocycles. The largest absolute Gasteiger partial charge is 0.334 e. The lowest BCUT2D eigenvalue weighted by molar-refractivity contribution is 0.406. The van der Waals surface area contributed by atoms with Crippen LogP contribution in [-0.4, -0.2) is 23.2 Å². The number of nitrogens with one attached hydrogen (secondary N) is 1. The molecule has 0 saturated heterocycles. The monoisotopic (exact) mass is 263 g/mol. The van der Waals surface area contributed by atoms with Crippen molar-refractivity contribution in [3.8, 4) is 11.4 Å². The minimum atomic E-state index is 0. The van der Waals surface area contributed by atoms with E-state index in [1.54, 1.807) is 0 Å². The molecule has 0 amide bonds. The van der Waals surface area contributed by atoms with Crippen molar-refractivity contribution >= 4 is 18.0 Å². The molecule has 1 N–H and O–H groups in total. The van der Waals surface area contributed by atoms with Crippen LogP contribution in [0, 0.1) is 0 Å². The highest BCUT2D eigenvalue weighted by Crippen LogP contribution is 2.21. The Balaban J connectivity index is 0.00000120. The highest BCUT2D eigenvalue weighted by molar-refractivity contribution is 5.85. The summed E-state index contributed by atoms with van der Waals surface area (Å²) in [5.41, 5.74) is 2.12. The zero-order valence-corrected chi connectivity index (χ0v) is 10.6. The van der Waals surface area contributed by atoms with Crippen molar-refractivity contribution in [2.24, 2.45) is 0 Å². The summed E-state index contributed by atoms with van der Waals surface area (Å²) < 4.78 is 5.30. The molecule has 5 heteroatoms. The van der Waals surface area contributed by atoms with Gasteiger partial charge in [0.25, 0.3) is 5.89 Å². The number of hydrogen-bond donors (Lipinski definition) is 1. The number of aromatic nitrogens is 2. The van der Waals surface area contributed by atoms with Crippen molar-refractivity contribution in [1.29, 1.82) is 0 Å². The number of hydrogen-bond acceptors (Lipinski definition) is 4. The van der Waals surface area contributed by atoms with Crippen LogP contribution in [0.4, 0.5) is 0 Å². The van der Waals surface area contributed by atoms with Gasteiger partial charge < -0.3 is 9.84 Å². The van der Waals surface area contributed by atoms with Gasteiger partial charge in [-0.3, -0.25) is 0 Å². The summed E-state index contributed by atoms with van der Waals surface area (Å²) in [6, 6.07) is 9.86. The first-order chi connectivity index (χ1) is 8.43. The summed E-state index contributed by atoms with van der Waals surface area (Å²) in [4.78, 5) is 4.43. The molecule has 94 valence electrons. The molecule has 0 aliphatic carbocycles. The fourth-order valence-electron chi connectivity index (χ4n) is 1.88. The fraction of sp³-hybridized carbons (Fsp3) is 0.231. The molecule has 2 aromatic rings. The minimum Gasteiger partial charge on any atom is -0.334 e. The van der Waals surface area contributed by atoms with Gasteiger partial charge in [-0.25, -0.2) is 0 Å². The second kappa shape index (κ2) is 5.80. The van der Waals surface area contributed by atoms with Crippen LogP contribution < -0.4 is 5.32 Å². The minimum absolute atomic E-state index is 0. The predicted octanol–water partition coefficient (Wildman–Crippen LogP) is 2.54. The fourth-order valence-corrected chi connectivity index (χ4v) is 1.88. The molecule has 0 unspecified atom stereocenters. The second-order valence-corrected chi connectivity index (χ2v) is 3.97. The van der Waals surface area contributed by atoms with E-state index in [0.29, 0.717) is 11.7 Å². The molecule has 0 radical (unpaired) electrons. The van der Waals surface area contributed by atoms with Gasteiger partial charge in [0.2, 0.25) is 5.82 Å². The van der Waals surface area contributed by atoms with Crippen LogP contribution in [-0.2, 0) is 0 Å². The topological polar surface area (TPSA) is 51.0 Å². The van der Waals surface area contributed by atoms with E-state index in [0.717, 1.165) is 30.6 Å². The predicted molar refractivity (Wildman–Crippen MR) is 72.4 cm³/mol. The molecule has 1 aromatic heterocycles. The first kappa shape index (κ1) is 12.8. The molecular weight excluding hydrogens is 250 g/mol. The van der Waals surface area contributed by atoms with E-state index in [1.165, 1.54) is 0 Å². The van der Waals surface area contributed by atoms with Crippen molar-refractivity contribution in [1.82, 2.24) is 15.5 Å². The third kappa shape index (κ3) is 2.60. The Morgan fingerprint density at radius 2 is 2.00 bits per heavy atom. The molecule has 0 fully saturated rings. The Labute approximate surface area is 112 Å². The quantitative estimate of drug-likeness (QED) is 0.905. The van der Waals surface area contributed by atoms with Crippen LogP contribution in [0.5, 0.6) is 0 Å². The average molecular weight is 264 g/mol. The van der Waals surface area contributed by atoms with Crippen LogP contribution >= 0.6 is 12.4 Å². The van der Waals surface area contributed by atoms with Crippen LogP contribution in [0.1, 0.15) is 12.3 Å². The van der Waals surface area contributed by atoms with E-state index >= 15 is 0 Å². The van der Waals surface area contributed by atoms with Gasteiger partial charge in [0.1, 0.15) is 0 Å². The lowest BCUT2D eigenvalue weighted by Crippen LogP contribution is -2.20. The number of benzene rings is 1. The van der Waals surface area contributed by atoms with E-state index in [-0.39, 0.29) is 12.4 Å². The Morgan fingerprint density at radius 3 is 2.72 bits per heavy atom. The van der Waals surface area contributed by atoms with Gasteiger partial charge in [0.15, 0.2) is 0 Å². The highest BCUT2D eigenvalue weighted by atomic mass is 35.5. The first-order valence-electron chi connectivity index (χ1n) is 5.73. The van der Waals surface area contributed by atoms with Crippen LogP contribution in [0.3, 0.4) is 0 Å². The maximum Gasteiger partial charge on any atom is 0.253 e. The highest BCUT2D eigenvalue weighted by Gasteiger charge is 2.13. The van der Waals surface area contributed by atoms with E-state index in [1.807, 2.05) is 30.3 Å². The van der Waals surface area contributed by atoms with Gasteiger partial charge in [-0.15, -0.1) is 12.4 Å². The molecule has 3 rings (SSSR count). The van der Waals surface area contributed by atoms with Crippen molar-refractivity contribution in [2.45, 2.75) is 6.42 Å². The van der Waals surface area contributed by atoms with Crippen molar-refractivity contribution in [3.05, 3.63) is 42.3 Å². The molecule has 0 atom stereocenters. The maximum absolute atomic E-state index is 5.30. The molecule has 0 spiro atoms. The lowest BCUT2D eigenvalue weighted by atomic mass is 10.1. The smallest absolute Gasteiger partial charge is 0.253 e. The van der Waals surface area contributed by atoms with Crippen LogP contribution in [0.15, 0.2) is 40.9 Å². The normalized spacial score (nSPS) is 14.8. The molecule has 0 saturated carbocycles. The summed E-state index contributed by atoms with van der Waals surface area (Å²) >= 11 is 0. The first-order valence-corrected chi connectivity index (χ1v) is 5.73. The van der Waals surface area contributed by atoms with E-state index in [2.05, 4.69) is 21.5 Å². The summed E-state index contributed by atoms with van der Waals surface area (Å²) in [6.45, 7) is 1.84. The van der Waals surface area contributed by atoms with Crippen LogP contribution in [0.2, 0.25) is 0 Å². The molecule has 4 nitrogen and oxygen atoms in total. The Kier molecular flexibility index (Phi) is 4.12. The zero-order valence-electron chi connectivity index (χ0n) is 9.80. The molecule has 2 heterocycles. The standard InChI is InChI=1S/C13H13N3O.ClH/c1-2-4-10(5-3-1)12-15-13(17-16-12)11-6-8-14-9-7-11;/h1-6,14H,7-9H2;1H. The van der Waals surface area contributed by atoms with Crippen LogP contribution in [0.25, 0.3) is 17.0 Å². The third-order valence-corrected chi connectivity index (χ3v) is 2.80. The third-order valence-electron chi connectivity index (χ3n) is 2.80. The van der Waals surface area contributed by atoms with Crippen molar-refractivity contribution in [2.75, 3.05) is 13.1 Å². The van der Waals surface area contributed by atoms with Gasteiger partial charge in [0.05, 0.1) is 0 Å². The summed E-state index contributed by atoms with van der Waals surface area (Å²) in [6.07, 6.45) is 3.04. The van der Waals surface area contributed by atoms with E-state index < -0.39 is 0 Å². The van der Waals surface area contributed by atoms with Gasteiger partial charge >= 0.3 is 0 Å². The lowest BCUT2D eigenvalue weighted by Gasteiger charge is -2.09. The Morgan fingerprint density at radius 1 is 1.17 bits per heavy atom. The molecule has 1 aliphatic heterocycles. The summed E-state index contributed by atoms with van der Waals surface area (Å²) in [5, 5.41) is 7.27. The molecule has 0 bridgehead atoms. The molecule has 18 heavy (non-hydrogen) atoms. The number of nitrogens with zero attached hydrogens (tertiary/aromatic N) is 2. The molecule has 1 aliphatic rings. The number of halogens is 1.